The number of aromatic amines is 1. The standard InChI is InChI=1S/C17H21N3O/c1-13-12-18-19-16(13)17(21)20-9-7-15(8-10-20)11-14-5-3-2-4-6-14/h2-6,12,15H,7-11H2,1H3,(H,18,19). The fourth-order valence-corrected chi connectivity index (χ4v) is 3.01. The predicted octanol–water partition coefficient (Wildman–Crippen LogP) is 2.81. The van der Waals surface area contributed by atoms with Crippen LogP contribution in [0, 0.1) is 12.8 Å². The van der Waals surface area contributed by atoms with Gasteiger partial charge in [0, 0.05) is 13.1 Å². The molecule has 1 fully saturated rings. The molecule has 4 heteroatoms. The molecule has 0 radical (unpaired) electrons. The number of benzene rings is 1. The van der Waals surface area contributed by atoms with Gasteiger partial charge in [-0.15, -0.1) is 0 Å². The van der Waals surface area contributed by atoms with Crippen molar-refractivity contribution < 1.29 is 4.79 Å². The van der Waals surface area contributed by atoms with Crippen LogP contribution in [-0.4, -0.2) is 34.1 Å². The molecule has 21 heavy (non-hydrogen) atoms. The van der Waals surface area contributed by atoms with E-state index in [0.29, 0.717) is 11.6 Å². The van der Waals surface area contributed by atoms with Crippen LogP contribution in [-0.2, 0) is 6.42 Å². The van der Waals surface area contributed by atoms with Gasteiger partial charge in [0.25, 0.3) is 5.91 Å². The monoisotopic (exact) mass is 283 g/mol. The van der Waals surface area contributed by atoms with Gasteiger partial charge in [-0.25, -0.2) is 0 Å². The third-order valence-corrected chi connectivity index (χ3v) is 4.31. The Labute approximate surface area is 125 Å². The van der Waals surface area contributed by atoms with E-state index < -0.39 is 0 Å². The number of aryl methyl sites for hydroxylation is 1. The molecule has 2 aromatic rings. The Bertz CT molecular complexity index is 598. The van der Waals surface area contributed by atoms with Crippen molar-refractivity contribution in [2.45, 2.75) is 26.2 Å². The molecule has 0 unspecified atom stereocenters. The molecule has 0 atom stereocenters. The Balaban J connectivity index is 1.56. The third-order valence-electron chi connectivity index (χ3n) is 4.31. The zero-order valence-corrected chi connectivity index (χ0v) is 12.4. The van der Waals surface area contributed by atoms with Crippen molar-refractivity contribution in [2.24, 2.45) is 5.92 Å². The molecular formula is C17H21N3O. The fourth-order valence-electron chi connectivity index (χ4n) is 3.01. The Morgan fingerprint density at radius 2 is 2.00 bits per heavy atom. The van der Waals surface area contributed by atoms with Crippen LogP contribution in [0.1, 0.15) is 34.5 Å². The van der Waals surface area contributed by atoms with Gasteiger partial charge in [-0.05, 0) is 43.2 Å². The molecule has 1 amide bonds. The molecule has 1 aliphatic heterocycles. The molecule has 0 saturated carbocycles. The van der Waals surface area contributed by atoms with Crippen LogP contribution in [0.25, 0.3) is 0 Å². The van der Waals surface area contributed by atoms with Crippen molar-refractivity contribution in [1.82, 2.24) is 15.1 Å². The van der Waals surface area contributed by atoms with Gasteiger partial charge in [-0.1, -0.05) is 30.3 Å². The summed E-state index contributed by atoms with van der Waals surface area (Å²) < 4.78 is 0. The van der Waals surface area contributed by atoms with E-state index in [1.54, 1.807) is 6.20 Å². The Morgan fingerprint density at radius 1 is 1.29 bits per heavy atom. The van der Waals surface area contributed by atoms with E-state index in [-0.39, 0.29) is 5.91 Å². The largest absolute Gasteiger partial charge is 0.337 e. The lowest BCUT2D eigenvalue weighted by molar-refractivity contribution is 0.0684. The number of hydrogen-bond donors (Lipinski definition) is 1. The summed E-state index contributed by atoms with van der Waals surface area (Å²) in [7, 11) is 0. The van der Waals surface area contributed by atoms with Gasteiger partial charge < -0.3 is 4.90 Å². The second kappa shape index (κ2) is 6.12. The van der Waals surface area contributed by atoms with Crippen molar-refractivity contribution in [1.29, 1.82) is 0 Å². The Hall–Kier alpha value is -2.10. The number of nitrogens with one attached hydrogen (secondary N) is 1. The average molecular weight is 283 g/mol. The van der Waals surface area contributed by atoms with Gasteiger partial charge in [0.2, 0.25) is 0 Å². The molecule has 1 aromatic heterocycles. The Morgan fingerprint density at radius 3 is 2.62 bits per heavy atom. The summed E-state index contributed by atoms with van der Waals surface area (Å²) in [6.45, 7) is 3.60. The van der Waals surface area contributed by atoms with Gasteiger partial charge in [-0.2, -0.15) is 5.10 Å². The highest BCUT2D eigenvalue weighted by Crippen LogP contribution is 2.23. The van der Waals surface area contributed by atoms with Crippen molar-refractivity contribution in [3.63, 3.8) is 0 Å². The smallest absolute Gasteiger partial charge is 0.272 e. The van der Waals surface area contributed by atoms with Gasteiger partial charge in [0.15, 0.2) is 0 Å². The van der Waals surface area contributed by atoms with Crippen molar-refractivity contribution >= 4 is 5.91 Å². The number of carbonyl (C=O) groups excluding carboxylic acids is 1. The van der Waals surface area contributed by atoms with Crippen LogP contribution in [0.5, 0.6) is 0 Å². The molecule has 1 aromatic carbocycles. The first-order valence-corrected chi connectivity index (χ1v) is 7.57. The number of aromatic nitrogens is 2. The number of H-pyrrole nitrogens is 1. The van der Waals surface area contributed by atoms with E-state index in [1.165, 1.54) is 5.56 Å². The zero-order valence-electron chi connectivity index (χ0n) is 12.4. The molecule has 4 nitrogen and oxygen atoms in total. The highest BCUT2D eigenvalue weighted by atomic mass is 16.2. The molecule has 0 bridgehead atoms. The minimum atomic E-state index is 0.0863. The summed E-state index contributed by atoms with van der Waals surface area (Å²) in [5, 5.41) is 6.75. The van der Waals surface area contributed by atoms with E-state index in [4.69, 9.17) is 0 Å². The van der Waals surface area contributed by atoms with Gasteiger partial charge in [0.05, 0.1) is 6.20 Å². The van der Waals surface area contributed by atoms with Crippen LogP contribution in [0.3, 0.4) is 0 Å². The van der Waals surface area contributed by atoms with Gasteiger partial charge in [-0.3, -0.25) is 9.89 Å². The maximum absolute atomic E-state index is 12.4. The van der Waals surface area contributed by atoms with E-state index in [9.17, 15) is 4.79 Å². The maximum atomic E-state index is 12.4. The molecule has 1 N–H and O–H groups in total. The highest BCUT2D eigenvalue weighted by Gasteiger charge is 2.25. The minimum absolute atomic E-state index is 0.0863. The van der Waals surface area contributed by atoms with E-state index in [1.807, 2.05) is 11.8 Å². The topological polar surface area (TPSA) is 49.0 Å². The van der Waals surface area contributed by atoms with Crippen LogP contribution in [0.15, 0.2) is 36.5 Å². The van der Waals surface area contributed by atoms with E-state index >= 15 is 0 Å². The number of carbonyl (C=O) groups is 1. The number of likely N-dealkylation sites (tertiary alicyclic amines) is 1. The summed E-state index contributed by atoms with van der Waals surface area (Å²) in [5.41, 5.74) is 2.95. The second-order valence-corrected chi connectivity index (χ2v) is 5.85. The van der Waals surface area contributed by atoms with Crippen LogP contribution in [0.4, 0.5) is 0 Å². The zero-order chi connectivity index (χ0) is 14.7. The van der Waals surface area contributed by atoms with Gasteiger partial charge in [0.1, 0.15) is 5.69 Å². The van der Waals surface area contributed by atoms with E-state index in [0.717, 1.165) is 37.9 Å². The second-order valence-electron chi connectivity index (χ2n) is 5.85. The first-order valence-electron chi connectivity index (χ1n) is 7.57. The fraction of sp³-hybridized carbons (Fsp3) is 0.412. The molecule has 0 spiro atoms. The number of amides is 1. The van der Waals surface area contributed by atoms with Crippen molar-refractivity contribution in [2.75, 3.05) is 13.1 Å². The summed E-state index contributed by atoms with van der Waals surface area (Å²) >= 11 is 0. The van der Waals surface area contributed by atoms with Crippen LogP contribution < -0.4 is 0 Å². The normalized spacial score (nSPS) is 16.1. The lowest BCUT2D eigenvalue weighted by Crippen LogP contribution is -2.39. The number of nitrogens with zero attached hydrogens (tertiary/aromatic N) is 2. The first kappa shape index (κ1) is 13.9. The molecule has 0 aliphatic carbocycles. The molecule has 3 rings (SSSR count). The highest BCUT2D eigenvalue weighted by molar-refractivity contribution is 5.93. The Kier molecular flexibility index (Phi) is 4.04. The lowest BCUT2D eigenvalue weighted by atomic mass is 9.90. The molecule has 1 aliphatic rings. The van der Waals surface area contributed by atoms with E-state index in [2.05, 4.69) is 40.5 Å². The van der Waals surface area contributed by atoms with Crippen LogP contribution >= 0.6 is 0 Å². The molecule has 1 saturated heterocycles. The predicted molar refractivity (Wildman–Crippen MR) is 82.1 cm³/mol. The van der Waals surface area contributed by atoms with Crippen molar-refractivity contribution in [3.8, 4) is 0 Å². The summed E-state index contributed by atoms with van der Waals surface area (Å²) in [4.78, 5) is 14.3. The van der Waals surface area contributed by atoms with Crippen LogP contribution in [0.2, 0.25) is 0 Å². The summed E-state index contributed by atoms with van der Waals surface area (Å²) in [5.74, 6) is 0.766. The lowest BCUT2D eigenvalue weighted by Gasteiger charge is -2.32. The van der Waals surface area contributed by atoms with Crippen molar-refractivity contribution in [3.05, 3.63) is 53.3 Å². The molecular weight excluding hydrogens is 262 g/mol. The number of rotatable bonds is 3. The molecule has 110 valence electrons. The summed E-state index contributed by atoms with van der Waals surface area (Å²) in [6, 6.07) is 10.6. The average Bonchev–Trinajstić information content (AvgIpc) is 2.94. The molecule has 2 heterocycles. The maximum Gasteiger partial charge on any atom is 0.272 e. The number of hydrogen-bond acceptors (Lipinski definition) is 2. The van der Waals surface area contributed by atoms with Gasteiger partial charge >= 0.3 is 0 Å². The first-order chi connectivity index (χ1) is 10.2. The quantitative estimate of drug-likeness (QED) is 0.941. The summed E-state index contributed by atoms with van der Waals surface area (Å²) in [6.07, 6.45) is 4.98. The number of piperidine rings is 1. The third kappa shape index (κ3) is 3.15. The SMILES string of the molecule is Cc1cn[nH]c1C(=O)N1CCC(Cc2ccccc2)CC1. The minimum Gasteiger partial charge on any atom is -0.337 e.